The van der Waals surface area contributed by atoms with Gasteiger partial charge in [-0.2, -0.15) is 4.37 Å². The summed E-state index contributed by atoms with van der Waals surface area (Å²) in [5, 5.41) is 1.29. The van der Waals surface area contributed by atoms with Crippen LogP contribution < -0.4 is 0 Å². The second kappa shape index (κ2) is 5.43. The first-order valence-corrected chi connectivity index (χ1v) is 8.46. The normalized spacial score (nSPS) is 11.0. The quantitative estimate of drug-likeness (QED) is 0.479. The first-order valence-electron chi connectivity index (χ1n) is 6.87. The van der Waals surface area contributed by atoms with E-state index in [0.29, 0.717) is 0 Å². The molecule has 0 spiro atoms. The zero-order chi connectivity index (χ0) is 14.1. The molecule has 0 N–H and O–H groups in total. The van der Waals surface area contributed by atoms with Crippen LogP contribution in [0, 0.1) is 0 Å². The van der Waals surface area contributed by atoms with Gasteiger partial charge >= 0.3 is 0 Å². The molecule has 2 heterocycles. The van der Waals surface area contributed by atoms with Gasteiger partial charge in [-0.1, -0.05) is 60.7 Å². The fourth-order valence-corrected chi connectivity index (χ4v) is 4.51. The molecular formula is C18H13NS2. The Kier molecular flexibility index (Phi) is 3.30. The van der Waals surface area contributed by atoms with Gasteiger partial charge in [-0.05, 0) is 28.7 Å². The van der Waals surface area contributed by atoms with Crippen LogP contribution in [0.25, 0.3) is 20.7 Å². The Bertz CT molecular complexity index is 860. The lowest BCUT2D eigenvalue weighted by Gasteiger charge is -1.97. The van der Waals surface area contributed by atoms with Crippen LogP contribution in [0.3, 0.4) is 0 Å². The Morgan fingerprint density at radius 2 is 1.57 bits per heavy atom. The van der Waals surface area contributed by atoms with Crippen molar-refractivity contribution in [2.75, 3.05) is 0 Å². The monoisotopic (exact) mass is 307 g/mol. The van der Waals surface area contributed by atoms with Crippen molar-refractivity contribution >= 4 is 33.1 Å². The molecule has 0 amide bonds. The summed E-state index contributed by atoms with van der Waals surface area (Å²) in [6, 6.07) is 23.4. The maximum Gasteiger partial charge on any atom is 0.138 e. The highest BCUT2D eigenvalue weighted by Gasteiger charge is 2.12. The van der Waals surface area contributed by atoms with Crippen LogP contribution in [-0.2, 0) is 6.42 Å². The number of aromatic nitrogens is 1. The van der Waals surface area contributed by atoms with Crippen molar-refractivity contribution in [2.45, 2.75) is 6.42 Å². The molecule has 0 aliphatic rings. The molecule has 2 aromatic heterocycles. The predicted octanol–water partition coefficient (Wildman–Crippen LogP) is 5.62. The van der Waals surface area contributed by atoms with Crippen LogP contribution >= 0.6 is 22.9 Å². The van der Waals surface area contributed by atoms with Crippen molar-refractivity contribution in [3.8, 4) is 10.4 Å². The summed E-state index contributed by atoms with van der Waals surface area (Å²) in [6.45, 7) is 0. The van der Waals surface area contributed by atoms with Crippen molar-refractivity contribution in [1.29, 1.82) is 0 Å². The third kappa shape index (κ3) is 2.50. The SMILES string of the molecule is c1ccc(Cc2cc3c(-c4ccccc4)snc3s2)cc1. The maximum atomic E-state index is 4.62. The van der Waals surface area contributed by atoms with E-state index in [-0.39, 0.29) is 0 Å². The lowest BCUT2D eigenvalue weighted by molar-refractivity contribution is 1.24. The average molecular weight is 307 g/mol. The molecule has 0 bridgehead atoms. The first-order chi connectivity index (χ1) is 10.4. The van der Waals surface area contributed by atoms with Gasteiger partial charge in [-0.3, -0.25) is 0 Å². The highest BCUT2D eigenvalue weighted by atomic mass is 32.1. The summed E-state index contributed by atoms with van der Waals surface area (Å²) in [4.78, 5) is 3.81. The fraction of sp³-hybridized carbons (Fsp3) is 0.0556. The topological polar surface area (TPSA) is 12.9 Å². The lowest BCUT2D eigenvalue weighted by Crippen LogP contribution is -1.82. The Hall–Kier alpha value is -1.97. The largest absolute Gasteiger partial charge is 0.181 e. The molecular weight excluding hydrogens is 294 g/mol. The van der Waals surface area contributed by atoms with Crippen LogP contribution in [0.2, 0.25) is 0 Å². The van der Waals surface area contributed by atoms with E-state index in [2.05, 4.69) is 71.1 Å². The molecule has 4 aromatic rings. The standard InChI is InChI=1S/C18H13NS2/c1-3-7-13(8-4-1)11-15-12-16-17(21-19-18(16)20-15)14-9-5-2-6-10-14/h1-10,12H,11H2. The van der Waals surface area contributed by atoms with Crippen LogP contribution in [0.4, 0.5) is 0 Å². The molecule has 21 heavy (non-hydrogen) atoms. The maximum absolute atomic E-state index is 4.62. The van der Waals surface area contributed by atoms with Gasteiger partial charge in [0.05, 0.1) is 4.88 Å². The summed E-state index contributed by atoms with van der Waals surface area (Å²) < 4.78 is 4.62. The van der Waals surface area contributed by atoms with E-state index < -0.39 is 0 Å². The highest BCUT2D eigenvalue weighted by Crippen LogP contribution is 2.37. The number of nitrogens with zero attached hydrogens (tertiary/aromatic N) is 1. The van der Waals surface area contributed by atoms with Gasteiger partial charge in [0.15, 0.2) is 0 Å². The molecule has 0 saturated heterocycles. The molecule has 102 valence electrons. The third-order valence-electron chi connectivity index (χ3n) is 3.49. The van der Waals surface area contributed by atoms with Crippen molar-refractivity contribution in [3.63, 3.8) is 0 Å². The van der Waals surface area contributed by atoms with E-state index in [4.69, 9.17) is 0 Å². The molecule has 0 saturated carbocycles. The van der Waals surface area contributed by atoms with Crippen molar-refractivity contribution < 1.29 is 0 Å². The molecule has 0 fully saturated rings. The van der Waals surface area contributed by atoms with Gasteiger partial charge in [-0.15, -0.1) is 11.3 Å². The molecule has 0 aliphatic carbocycles. The summed E-state index contributed by atoms with van der Waals surface area (Å²) in [5.41, 5.74) is 2.61. The van der Waals surface area contributed by atoms with Crippen LogP contribution in [0.15, 0.2) is 66.7 Å². The molecule has 0 radical (unpaired) electrons. The van der Waals surface area contributed by atoms with Crippen molar-refractivity contribution in [1.82, 2.24) is 4.37 Å². The van der Waals surface area contributed by atoms with E-state index in [1.54, 1.807) is 22.9 Å². The minimum atomic E-state index is 0.987. The Morgan fingerprint density at radius 3 is 2.33 bits per heavy atom. The molecule has 1 nitrogen and oxygen atoms in total. The summed E-state index contributed by atoms with van der Waals surface area (Å²) >= 11 is 3.40. The third-order valence-corrected chi connectivity index (χ3v) is 5.54. The van der Waals surface area contributed by atoms with E-state index >= 15 is 0 Å². The Labute approximate surface area is 131 Å². The predicted molar refractivity (Wildman–Crippen MR) is 92.2 cm³/mol. The van der Waals surface area contributed by atoms with Gasteiger partial charge in [0.25, 0.3) is 0 Å². The van der Waals surface area contributed by atoms with Gasteiger partial charge in [0.2, 0.25) is 0 Å². The minimum Gasteiger partial charge on any atom is -0.181 e. The molecule has 0 atom stereocenters. The zero-order valence-corrected chi connectivity index (χ0v) is 13.0. The van der Waals surface area contributed by atoms with Crippen LogP contribution in [0.5, 0.6) is 0 Å². The highest BCUT2D eigenvalue weighted by molar-refractivity contribution is 7.22. The average Bonchev–Trinajstić information content (AvgIpc) is 3.09. The van der Waals surface area contributed by atoms with Crippen LogP contribution in [-0.4, -0.2) is 4.37 Å². The smallest absolute Gasteiger partial charge is 0.138 e. The van der Waals surface area contributed by atoms with Crippen LogP contribution in [0.1, 0.15) is 10.4 Å². The first kappa shape index (κ1) is 12.7. The molecule has 2 aromatic carbocycles. The van der Waals surface area contributed by atoms with Crippen molar-refractivity contribution in [3.05, 3.63) is 77.2 Å². The van der Waals surface area contributed by atoms with Gasteiger partial charge in [0.1, 0.15) is 4.83 Å². The molecule has 0 aliphatic heterocycles. The number of fused-ring (bicyclic) bond motifs is 1. The Morgan fingerprint density at radius 1 is 0.857 bits per heavy atom. The number of rotatable bonds is 3. The zero-order valence-electron chi connectivity index (χ0n) is 11.3. The number of hydrogen-bond acceptors (Lipinski definition) is 3. The van der Waals surface area contributed by atoms with E-state index in [0.717, 1.165) is 11.3 Å². The molecule has 3 heteroatoms. The second-order valence-corrected chi connectivity index (χ2v) is 6.86. The Balaban J connectivity index is 1.73. The molecule has 4 rings (SSSR count). The van der Waals surface area contributed by atoms with Crippen molar-refractivity contribution in [2.24, 2.45) is 0 Å². The number of thiophene rings is 1. The summed E-state index contributed by atoms with van der Waals surface area (Å²) in [5.74, 6) is 0. The summed E-state index contributed by atoms with van der Waals surface area (Å²) in [6.07, 6.45) is 0.987. The summed E-state index contributed by atoms with van der Waals surface area (Å²) in [7, 11) is 0. The lowest BCUT2D eigenvalue weighted by atomic mass is 10.1. The van der Waals surface area contributed by atoms with Gasteiger partial charge < -0.3 is 0 Å². The molecule has 0 unspecified atom stereocenters. The fourth-order valence-electron chi connectivity index (χ4n) is 2.48. The number of hydrogen-bond donors (Lipinski definition) is 0. The van der Waals surface area contributed by atoms with E-state index in [9.17, 15) is 0 Å². The second-order valence-electron chi connectivity index (χ2n) is 4.97. The van der Waals surface area contributed by atoms with E-state index in [1.165, 1.54) is 26.3 Å². The van der Waals surface area contributed by atoms with E-state index in [1.807, 2.05) is 0 Å². The van der Waals surface area contributed by atoms with Gasteiger partial charge in [0, 0.05) is 16.7 Å². The minimum absolute atomic E-state index is 0.987. The number of benzene rings is 2. The van der Waals surface area contributed by atoms with Gasteiger partial charge in [-0.25, -0.2) is 0 Å².